The molecule has 0 saturated heterocycles. The summed E-state index contributed by atoms with van der Waals surface area (Å²) >= 11 is 0. The van der Waals surface area contributed by atoms with Gasteiger partial charge in [-0.15, -0.1) is 0 Å². The van der Waals surface area contributed by atoms with E-state index < -0.39 is 0 Å². The molecular weight excluding hydrogens is 174 g/mol. The van der Waals surface area contributed by atoms with Crippen LogP contribution in [0.2, 0.25) is 0 Å². The van der Waals surface area contributed by atoms with Crippen LogP contribution in [-0.4, -0.2) is 19.4 Å². The van der Waals surface area contributed by atoms with Crippen molar-refractivity contribution in [3.05, 3.63) is 29.8 Å². The topological polar surface area (TPSA) is 20.3 Å². The Morgan fingerprint density at radius 3 is 2.71 bits per heavy atom. The highest BCUT2D eigenvalue weighted by Gasteiger charge is 2.02. The lowest BCUT2D eigenvalue weighted by Crippen LogP contribution is -2.23. The van der Waals surface area contributed by atoms with Gasteiger partial charge >= 0.3 is 0 Å². The predicted molar refractivity (Wildman–Crippen MR) is 60.0 cm³/mol. The van der Waals surface area contributed by atoms with Crippen LogP contribution in [0.3, 0.4) is 0 Å². The molecule has 2 nitrogen and oxygen atoms in total. The van der Waals surface area contributed by atoms with E-state index in [9.17, 15) is 4.79 Å². The fraction of sp³-hybridized carbons (Fsp3) is 0.417. The van der Waals surface area contributed by atoms with Gasteiger partial charge in [0.15, 0.2) is 0 Å². The smallest absolute Gasteiger partial charge is 0.150 e. The average molecular weight is 191 g/mol. The Bertz CT molecular complexity index is 296. The van der Waals surface area contributed by atoms with E-state index in [-0.39, 0.29) is 0 Å². The zero-order valence-electron chi connectivity index (χ0n) is 8.86. The Hall–Kier alpha value is -1.31. The lowest BCUT2D eigenvalue weighted by Gasteiger charge is -2.22. The predicted octanol–water partition coefficient (Wildman–Crippen LogP) is 2.74. The van der Waals surface area contributed by atoms with Gasteiger partial charge in [-0.2, -0.15) is 0 Å². The van der Waals surface area contributed by atoms with Crippen molar-refractivity contribution in [2.45, 2.75) is 20.3 Å². The summed E-state index contributed by atoms with van der Waals surface area (Å²) < 4.78 is 0. The van der Waals surface area contributed by atoms with Gasteiger partial charge in [-0.1, -0.05) is 19.1 Å². The van der Waals surface area contributed by atoms with Crippen LogP contribution in [0.5, 0.6) is 0 Å². The molecule has 0 heterocycles. The molecule has 0 unspecified atom stereocenters. The molecule has 0 amide bonds. The number of nitrogens with zero attached hydrogens (tertiary/aromatic N) is 1. The average Bonchev–Trinajstić information content (AvgIpc) is 2.26. The third kappa shape index (κ3) is 2.59. The van der Waals surface area contributed by atoms with E-state index in [0.717, 1.165) is 37.0 Å². The van der Waals surface area contributed by atoms with Crippen molar-refractivity contribution in [2.75, 3.05) is 18.0 Å². The second kappa shape index (κ2) is 5.43. The molecule has 76 valence electrons. The van der Waals surface area contributed by atoms with Gasteiger partial charge in [0, 0.05) is 24.3 Å². The van der Waals surface area contributed by atoms with Crippen LogP contribution in [0.15, 0.2) is 24.3 Å². The number of anilines is 1. The van der Waals surface area contributed by atoms with Gasteiger partial charge in [-0.25, -0.2) is 0 Å². The van der Waals surface area contributed by atoms with E-state index in [1.807, 2.05) is 24.3 Å². The molecule has 0 aromatic heterocycles. The van der Waals surface area contributed by atoms with Gasteiger partial charge in [0.05, 0.1) is 0 Å². The quantitative estimate of drug-likeness (QED) is 0.667. The van der Waals surface area contributed by atoms with Crippen molar-refractivity contribution < 1.29 is 4.79 Å². The van der Waals surface area contributed by atoms with Crippen molar-refractivity contribution in [1.82, 2.24) is 0 Å². The summed E-state index contributed by atoms with van der Waals surface area (Å²) in [4.78, 5) is 12.9. The van der Waals surface area contributed by atoms with E-state index >= 15 is 0 Å². The van der Waals surface area contributed by atoms with E-state index in [0.29, 0.717) is 0 Å². The molecular formula is C12H17NO. The van der Waals surface area contributed by atoms with Gasteiger partial charge < -0.3 is 4.90 Å². The maximum absolute atomic E-state index is 10.6. The first-order chi connectivity index (χ1) is 6.81. The molecule has 0 fully saturated rings. The summed E-state index contributed by atoms with van der Waals surface area (Å²) in [5, 5.41) is 0. The van der Waals surface area contributed by atoms with Crippen molar-refractivity contribution in [2.24, 2.45) is 0 Å². The van der Waals surface area contributed by atoms with Gasteiger partial charge in [0.2, 0.25) is 0 Å². The second-order valence-electron chi connectivity index (χ2n) is 3.29. The molecule has 0 radical (unpaired) electrons. The van der Waals surface area contributed by atoms with Crippen molar-refractivity contribution in [3.63, 3.8) is 0 Å². The molecule has 0 aliphatic rings. The number of aldehydes is 1. The van der Waals surface area contributed by atoms with Crippen LogP contribution >= 0.6 is 0 Å². The van der Waals surface area contributed by atoms with Crippen molar-refractivity contribution >= 4 is 12.0 Å². The van der Waals surface area contributed by atoms with Crippen LogP contribution in [0, 0.1) is 0 Å². The van der Waals surface area contributed by atoms with Crippen molar-refractivity contribution in [3.8, 4) is 0 Å². The fourth-order valence-corrected chi connectivity index (χ4v) is 1.53. The number of carbonyl (C=O) groups is 1. The zero-order chi connectivity index (χ0) is 10.4. The summed E-state index contributed by atoms with van der Waals surface area (Å²) in [5.74, 6) is 0. The molecule has 1 rings (SSSR count). The third-order valence-electron chi connectivity index (χ3n) is 2.25. The van der Waals surface area contributed by atoms with Crippen LogP contribution in [0.25, 0.3) is 0 Å². The van der Waals surface area contributed by atoms with Gasteiger partial charge in [-0.3, -0.25) is 4.79 Å². The zero-order valence-corrected chi connectivity index (χ0v) is 8.86. The van der Waals surface area contributed by atoms with E-state index in [1.165, 1.54) is 0 Å². The Morgan fingerprint density at radius 1 is 1.36 bits per heavy atom. The standard InChI is InChI=1S/C12H17NO/c1-3-8-13(4-2)12-7-5-6-11(9-12)10-14/h5-7,9-10H,3-4,8H2,1-2H3. The summed E-state index contributed by atoms with van der Waals surface area (Å²) in [6, 6.07) is 7.74. The van der Waals surface area contributed by atoms with Crippen LogP contribution in [-0.2, 0) is 0 Å². The summed E-state index contributed by atoms with van der Waals surface area (Å²) in [5.41, 5.74) is 1.89. The lowest BCUT2D eigenvalue weighted by molar-refractivity contribution is 0.112. The minimum atomic E-state index is 0.747. The lowest BCUT2D eigenvalue weighted by atomic mass is 10.2. The van der Waals surface area contributed by atoms with Crippen LogP contribution in [0.4, 0.5) is 5.69 Å². The number of carbonyl (C=O) groups excluding carboxylic acids is 1. The maximum Gasteiger partial charge on any atom is 0.150 e. The minimum Gasteiger partial charge on any atom is -0.372 e. The first-order valence-electron chi connectivity index (χ1n) is 5.12. The minimum absolute atomic E-state index is 0.747. The molecule has 0 N–H and O–H groups in total. The first-order valence-corrected chi connectivity index (χ1v) is 5.12. The molecule has 0 atom stereocenters. The Morgan fingerprint density at radius 2 is 2.14 bits per heavy atom. The molecule has 0 aliphatic heterocycles. The summed E-state index contributed by atoms with van der Waals surface area (Å²) in [7, 11) is 0. The first kappa shape index (κ1) is 10.8. The molecule has 0 aliphatic carbocycles. The number of benzene rings is 1. The highest BCUT2D eigenvalue weighted by molar-refractivity contribution is 5.77. The normalized spacial score (nSPS) is 9.86. The summed E-state index contributed by atoms with van der Waals surface area (Å²) in [6.07, 6.45) is 2.02. The molecule has 0 saturated carbocycles. The Labute approximate surface area is 85.5 Å². The number of hydrogen-bond acceptors (Lipinski definition) is 2. The number of rotatable bonds is 5. The molecule has 0 spiro atoms. The van der Waals surface area contributed by atoms with Gasteiger partial charge in [-0.05, 0) is 25.5 Å². The highest BCUT2D eigenvalue weighted by atomic mass is 16.1. The number of hydrogen-bond donors (Lipinski definition) is 0. The van der Waals surface area contributed by atoms with Crippen LogP contribution in [0.1, 0.15) is 30.6 Å². The van der Waals surface area contributed by atoms with Crippen molar-refractivity contribution in [1.29, 1.82) is 0 Å². The molecule has 14 heavy (non-hydrogen) atoms. The molecule has 2 heteroatoms. The second-order valence-corrected chi connectivity index (χ2v) is 3.29. The molecule has 1 aromatic rings. The van der Waals surface area contributed by atoms with E-state index in [4.69, 9.17) is 0 Å². The molecule has 0 bridgehead atoms. The largest absolute Gasteiger partial charge is 0.372 e. The van der Waals surface area contributed by atoms with E-state index in [1.54, 1.807) is 0 Å². The summed E-state index contributed by atoms with van der Waals surface area (Å²) in [6.45, 7) is 6.31. The third-order valence-corrected chi connectivity index (χ3v) is 2.25. The maximum atomic E-state index is 10.6. The van der Waals surface area contributed by atoms with Gasteiger partial charge in [0.1, 0.15) is 6.29 Å². The Kier molecular flexibility index (Phi) is 4.17. The Balaban J connectivity index is 2.86. The van der Waals surface area contributed by atoms with Crippen LogP contribution < -0.4 is 4.90 Å². The monoisotopic (exact) mass is 191 g/mol. The highest BCUT2D eigenvalue weighted by Crippen LogP contribution is 2.15. The fourth-order valence-electron chi connectivity index (χ4n) is 1.53. The van der Waals surface area contributed by atoms with E-state index in [2.05, 4.69) is 18.7 Å². The van der Waals surface area contributed by atoms with Gasteiger partial charge in [0.25, 0.3) is 0 Å². The molecule has 1 aromatic carbocycles. The SMILES string of the molecule is CCCN(CC)c1cccc(C=O)c1.